The lowest BCUT2D eigenvalue weighted by atomic mass is 10.1. The van der Waals surface area contributed by atoms with Gasteiger partial charge in [0.2, 0.25) is 0 Å². The third kappa shape index (κ3) is 4.33. The fraction of sp³-hybridized carbons (Fsp3) is 0.833. The average molecular weight is 212 g/mol. The largest absolute Gasteiger partial charge is 0.392 e. The first-order valence-electron chi connectivity index (χ1n) is 5.78. The lowest BCUT2D eigenvalue weighted by Gasteiger charge is -2.40. The summed E-state index contributed by atoms with van der Waals surface area (Å²) in [5.41, 5.74) is 1.23. The SMILES string of the molecule is C=C(C)CN1CCN(C[C@H](C)O)[C@H](C)C1. The van der Waals surface area contributed by atoms with Crippen molar-refractivity contribution in [3.63, 3.8) is 0 Å². The molecule has 0 amide bonds. The molecule has 1 rings (SSSR count). The molecule has 0 radical (unpaired) electrons. The summed E-state index contributed by atoms with van der Waals surface area (Å²) in [4.78, 5) is 4.80. The van der Waals surface area contributed by atoms with Gasteiger partial charge < -0.3 is 5.11 Å². The van der Waals surface area contributed by atoms with Crippen molar-refractivity contribution in [3.05, 3.63) is 12.2 Å². The molecule has 15 heavy (non-hydrogen) atoms. The molecule has 0 saturated carbocycles. The summed E-state index contributed by atoms with van der Waals surface area (Å²) in [5.74, 6) is 0. The molecule has 1 saturated heterocycles. The third-order valence-electron chi connectivity index (χ3n) is 2.84. The highest BCUT2D eigenvalue weighted by Gasteiger charge is 2.23. The number of hydrogen-bond acceptors (Lipinski definition) is 3. The van der Waals surface area contributed by atoms with Crippen LogP contribution in [0.2, 0.25) is 0 Å². The molecular formula is C12H24N2O. The first-order valence-corrected chi connectivity index (χ1v) is 5.78. The van der Waals surface area contributed by atoms with Crippen molar-refractivity contribution >= 4 is 0 Å². The molecule has 1 aliphatic rings. The van der Waals surface area contributed by atoms with Crippen LogP contribution in [-0.4, -0.2) is 59.8 Å². The summed E-state index contributed by atoms with van der Waals surface area (Å²) in [7, 11) is 0. The zero-order chi connectivity index (χ0) is 11.4. The molecule has 0 aliphatic carbocycles. The van der Waals surface area contributed by atoms with E-state index in [4.69, 9.17) is 0 Å². The number of hydrogen-bond donors (Lipinski definition) is 1. The predicted octanol–water partition coefficient (Wildman–Crippen LogP) is 0.949. The van der Waals surface area contributed by atoms with Crippen LogP contribution in [0, 0.1) is 0 Å². The summed E-state index contributed by atoms with van der Waals surface area (Å²) in [5, 5.41) is 9.36. The van der Waals surface area contributed by atoms with Crippen LogP contribution in [-0.2, 0) is 0 Å². The molecule has 1 fully saturated rings. The summed E-state index contributed by atoms with van der Waals surface area (Å²) in [6.45, 7) is 15.1. The Labute approximate surface area is 93.4 Å². The quantitative estimate of drug-likeness (QED) is 0.703. The van der Waals surface area contributed by atoms with Gasteiger partial charge in [-0.05, 0) is 20.8 Å². The molecule has 1 heterocycles. The summed E-state index contributed by atoms with van der Waals surface area (Å²) in [6, 6.07) is 0.535. The van der Waals surface area contributed by atoms with Gasteiger partial charge in [0.05, 0.1) is 6.10 Å². The summed E-state index contributed by atoms with van der Waals surface area (Å²) in [6.07, 6.45) is -0.222. The van der Waals surface area contributed by atoms with E-state index in [9.17, 15) is 5.11 Å². The molecule has 1 aliphatic heterocycles. The van der Waals surface area contributed by atoms with Crippen LogP contribution >= 0.6 is 0 Å². The molecule has 0 aromatic rings. The van der Waals surface area contributed by atoms with Gasteiger partial charge in [-0.2, -0.15) is 0 Å². The van der Waals surface area contributed by atoms with Crippen molar-refractivity contribution in [2.45, 2.75) is 32.9 Å². The second kappa shape index (κ2) is 5.64. The van der Waals surface area contributed by atoms with Gasteiger partial charge in [0.15, 0.2) is 0 Å². The fourth-order valence-corrected chi connectivity index (χ4v) is 2.21. The molecule has 1 N–H and O–H groups in total. The van der Waals surface area contributed by atoms with E-state index in [1.807, 2.05) is 6.92 Å². The molecule has 88 valence electrons. The van der Waals surface area contributed by atoms with Crippen LogP contribution in [0.3, 0.4) is 0 Å². The second-order valence-electron chi connectivity index (χ2n) is 4.89. The minimum atomic E-state index is -0.222. The number of piperazine rings is 1. The fourth-order valence-electron chi connectivity index (χ4n) is 2.21. The van der Waals surface area contributed by atoms with Crippen LogP contribution in [0.1, 0.15) is 20.8 Å². The van der Waals surface area contributed by atoms with Crippen molar-refractivity contribution in [3.8, 4) is 0 Å². The van der Waals surface area contributed by atoms with Gasteiger partial charge in [-0.15, -0.1) is 0 Å². The maximum atomic E-state index is 9.36. The van der Waals surface area contributed by atoms with Crippen LogP contribution < -0.4 is 0 Å². The van der Waals surface area contributed by atoms with Gasteiger partial charge >= 0.3 is 0 Å². The van der Waals surface area contributed by atoms with Crippen molar-refractivity contribution in [1.29, 1.82) is 0 Å². The zero-order valence-corrected chi connectivity index (χ0v) is 10.2. The predicted molar refractivity (Wildman–Crippen MR) is 64.0 cm³/mol. The lowest BCUT2D eigenvalue weighted by Crippen LogP contribution is -2.53. The Morgan fingerprint density at radius 2 is 2.20 bits per heavy atom. The number of nitrogens with zero attached hydrogens (tertiary/aromatic N) is 2. The summed E-state index contributed by atoms with van der Waals surface area (Å²) < 4.78 is 0. The molecule has 0 spiro atoms. The molecule has 0 aromatic carbocycles. The number of rotatable bonds is 4. The van der Waals surface area contributed by atoms with Gasteiger partial charge in [-0.25, -0.2) is 0 Å². The van der Waals surface area contributed by atoms with Gasteiger partial charge in [0.1, 0.15) is 0 Å². The minimum absolute atomic E-state index is 0.222. The Morgan fingerprint density at radius 1 is 1.53 bits per heavy atom. The third-order valence-corrected chi connectivity index (χ3v) is 2.84. The van der Waals surface area contributed by atoms with Gasteiger partial charge in [0.25, 0.3) is 0 Å². The van der Waals surface area contributed by atoms with Gasteiger partial charge in [0, 0.05) is 38.8 Å². The average Bonchev–Trinajstić information content (AvgIpc) is 2.08. The smallest absolute Gasteiger partial charge is 0.0639 e. The monoisotopic (exact) mass is 212 g/mol. The number of aliphatic hydroxyl groups is 1. The number of β-amino-alcohol motifs (C(OH)–C–C–N with tert-alkyl or cyclic N) is 1. The molecule has 0 unspecified atom stereocenters. The van der Waals surface area contributed by atoms with Crippen molar-refractivity contribution in [1.82, 2.24) is 9.80 Å². The van der Waals surface area contributed by atoms with Crippen LogP contribution in [0.25, 0.3) is 0 Å². The van der Waals surface area contributed by atoms with Crippen LogP contribution in [0.5, 0.6) is 0 Å². The molecular weight excluding hydrogens is 188 g/mol. The lowest BCUT2D eigenvalue weighted by molar-refractivity contribution is 0.0486. The minimum Gasteiger partial charge on any atom is -0.392 e. The van der Waals surface area contributed by atoms with Gasteiger partial charge in [-0.1, -0.05) is 12.2 Å². The molecule has 3 heteroatoms. The highest BCUT2D eigenvalue weighted by molar-refractivity contribution is 4.94. The van der Waals surface area contributed by atoms with E-state index in [2.05, 4.69) is 30.2 Å². The van der Waals surface area contributed by atoms with Crippen molar-refractivity contribution in [2.75, 3.05) is 32.7 Å². The topological polar surface area (TPSA) is 26.7 Å². The molecule has 2 atom stereocenters. The maximum Gasteiger partial charge on any atom is 0.0639 e. The second-order valence-corrected chi connectivity index (χ2v) is 4.89. The molecule has 0 aromatic heterocycles. The highest BCUT2D eigenvalue weighted by atomic mass is 16.3. The number of aliphatic hydroxyl groups excluding tert-OH is 1. The van der Waals surface area contributed by atoms with Gasteiger partial charge in [-0.3, -0.25) is 9.80 Å². The summed E-state index contributed by atoms with van der Waals surface area (Å²) >= 11 is 0. The highest BCUT2D eigenvalue weighted by Crippen LogP contribution is 2.11. The Kier molecular flexibility index (Phi) is 4.77. The first-order chi connectivity index (χ1) is 6.99. The Morgan fingerprint density at radius 3 is 2.67 bits per heavy atom. The zero-order valence-electron chi connectivity index (χ0n) is 10.2. The Hall–Kier alpha value is -0.380. The van der Waals surface area contributed by atoms with E-state index < -0.39 is 0 Å². The van der Waals surface area contributed by atoms with E-state index in [0.29, 0.717) is 6.04 Å². The van der Waals surface area contributed by atoms with E-state index in [1.54, 1.807) is 0 Å². The van der Waals surface area contributed by atoms with E-state index in [1.165, 1.54) is 5.57 Å². The standard InChI is InChI=1S/C12H24N2O/c1-10(2)7-13-5-6-14(9-12(4)15)11(3)8-13/h11-12,15H,1,5-9H2,2-4H3/t11-,12+/m1/s1. The van der Waals surface area contributed by atoms with E-state index in [0.717, 1.165) is 32.7 Å². The van der Waals surface area contributed by atoms with Crippen LogP contribution in [0.15, 0.2) is 12.2 Å². The molecule has 3 nitrogen and oxygen atoms in total. The molecule has 0 bridgehead atoms. The van der Waals surface area contributed by atoms with E-state index in [-0.39, 0.29) is 6.10 Å². The van der Waals surface area contributed by atoms with Crippen molar-refractivity contribution < 1.29 is 5.11 Å². The Bertz CT molecular complexity index is 216. The Balaban J connectivity index is 2.37. The maximum absolute atomic E-state index is 9.36. The van der Waals surface area contributed by atoms with Crippen LogP contribution in [0.4, 0.5) is 0 Å². The van der Waals surface area contributed by atoms with Crippen molar-refractivity contribution in [2.24, 2.45) is 0 Å². The van der Waals surface area contributed by atoms with E-state index >= 15 is 0 Å². The normalized spacial score (nSPS) is 26.5. The first kappa shape index (κ1) is 12.7.